The molecule has 0 atom stereocenters. The molecule has 0 bridgehead atoms. The van der Waals surface area contributed by atoms with Crippen LogP contribution < -0.4 is 15.0 Å². The summed E-state index contributed by atoms with van der Waals surface area (Å²) in [5, 5.41) is 4.20. The SMILES string of the molecule is COc1ccc(Cl)cc1CN1CCNCc2ccccc21. The first kappa shape index (κ1) is 14.2. The Morgan fingerprint density at radius 3 is 2.95 bits per heavy atom. The lowest BCUT2D eigenvalue weighted by atomic mass is 10.1. The van der Waals surface area contributed by atoms with Gasteiger partial charge >= 0.3 is 0 Å². The average molecular weight is 303 g/mol. The van der Waals surface area contributed by atoms with Crippen LogP contribution in [0.5, 0.6) is 5.75 Å². The first-order valence-electron chi connectivity index (χ1n) is 7.14. The Labute approximate surface area is 130 Å². The highest BCUT2D eigenvalue weighted by molar-refractivity contribution is 6.30. The molecular weight excluding hydrogens is 284 g/mol. The zero-order chi connectivity index (χ0) is 14.7. The molecule has 110 valence electrons. The Morgan fingerprint density at radius 2 is 2.10 bits per heavy atom. The molecule has 0 radical (unpaired) electrons. The van der Waals surface area contributed by atoms with Gasteiger partial charge in [0.15, 0.2) is 0 Å². The van der Waals surface area contributed by atoms with Crippen LogP contribution in [0.3, 0.4) is 0 Å². The van der Waals surface area contributed by atoms with Gasteiger partial charge in [0, 0.05) is 42.5 Å². The van der Waals surface area contributed by atoms with Gasteiger partial charge in [0.25, 0.3) is 0 Å². The zero-order valence-electron chi connectivity index (χ0n) is 12.1. The summed E-state index contributed by atoms with van der Waals surface area (Å²) in [6.07, 6.45) is 0. The summed E-state index contributed by atoms with van der Waals surface area (Å²) in [4.78, 5) is 2.38. The fourth-order valence-electron chi connectivity index (χ4n) is 2.77. The van der Waals surface area contributed by atoms with Gasteiger partial charge in [0.05, 0.1) is 7.11 Å². The predicted octanol–water partition coefficient (Wildman–Crippen LogP) is 3.46. The lowest BCUT2D eigenvalue weighted by Crippen LogP contribution is -2.28. The number of para-hydroxylation sites is 1. The molecule has 3 nitrogen and oxygen atoms in total. The number of nitrogens with one attached hydrogen (secondary N) is 1. The maximum Gasteiger partial charge on any atom is 0.123 e. The Balaban J connectivity index is 1.93. The van der Waals surface area contributed by atoms with Crippen LogP contribution in [0.25, 0.3) is 0 Å². The van der Waals surface area contributed by atoms with Crippen LogP contribution in [-0.2, 0) is 13.1 Å². The highest BCUT2D eigenvalue weighted by atomic mass is 35.5. The third-order valence-electron chi connectivity index (χ3n) is 3.81. The minimum Gasteiger partial charge on any atom is -0.496 e. The van der Waals surface area contributed by atoms with E-state index in [1.807, 2.05) is 18.2 Å². The average Bonchev–Trinajstić information content (AvgIpc) is 2.70. The lowest BCUT2D eigenvalue weighted by Gasteiger charge is -2.25. The molecule has 0 aliphatic carbocycles. The van der Waals surface area contributed by atoms with Gasteiger partial charge in [-0.05, 0) is 29.8 Å². The molecule has 2 aromatic carbocycles. The van der Waals surface area contributed by atoms with Crippen LogP contribution in [0.4, 0.5) is 5.69 Å². The van der Waals surface area contributed by atoms with Crippen molar-refractivity contribution >= 4 is 17.3 Å². The van der Waals surface area contributed by atoms with Crippen LogP contribution in [0, 0.1) is 0 Å². The lowest BCUT2D eigenvalue weighted by molar-refractivity contribution is 0.409. The molecule has 0 saturated heterocycles. The van der Waals surface area contributed by atoms with Crippen LogP contribution in [-0.4, -0.2) is 20.2 Å². The van der Waals surface area contributed by atoms with Crippen molar-refractivity contribution in [2.75, 3.05) is 25.1 Å². The molecule has 0 aromatic heterocycles. The number of nitrogens with zero attached hydrogens (tertiary/aromatic N) is 1. The Morgan fingerprint density at radius 1 is 1.24 bits per heavy atom. The summed E-state index contributed by atoms with van der Waals surface area (Å²) in [5.41, 5.74) is 3.72. The van der Waals surface area contributed by atoms with E-state index in [2.05, 4.69) is 34.5 Å². The van der Waals surface area contributed by atoms with E-state index in [1.165, 1.54) is 11.3 Å². The van der Waals surface area contributed by atoms with E-state index in [9.17, 15) is 0 Å². The normalized spacial score (nSPS) is 14.5. The van der Waals surface area contributed by atoms with Crippen molar-refractivity contribution in [3.8, 4) is 5.75 Å². The number of rotatable bonds is 3. The number of fused-ring (bicyclic) bond motifs is 1. The standard InChI is InChI=1S/C17H19ClN2O/c1-21-17-7-6-15(18)10-14(17)12-20-9-8-19-11-13-4-2-3-5-16(13)20/h2-7,10,19H,8-9,11-12H2,1H3. The second kappa shape index (κ2) is 6.37. The highest BCUT2D eigenvalue weighted by Gasteiger charge is 2.16. The van der Waals surface area contributed by atoms with Crippen LogP contribution in [0.2, 0.25) is 5.02 Å². The van der Waals surface area contributed by atoms with E-state index in [0.717, 1.165) is 42.5 Å². The van der Waals surface area contributed by atoms with E-state index in [1.54, 1.807) is 7.11 Å². The molecule has 2 aromatic rings. The molecule has 1 aliphatic rings. The van der Waals surface area contributed by atoms with Gasteiger partial charge in [-0.15, -0.1) is 0 Å². The first-order valence-corrected chi connectivity index (χ1v) is 7.51. The molecule has 0 amide bonds. The second-order valence-electron chi connectivity index (χ2n) is 5.18. The van der Waals surface area contributed by atoms with Gasteiger partial charge in [-0.1, -0.05) is 29.8 Å². The third kappa shape index (κ3) is 3.14. The molecule has 0 unspecified atom stereocenters. The quantitative estimate of drug-likeness (QED) is 0.940. The molecule has 0 spiro atoms. The van der Waals surface area contributed by atoms with E-state index in [0.29, 0.717) is 0 Å². The number of methoxy groups -OCH3 is 1. The van der Waals surface area contributed by atoms with Crippen molar-refractivity contribution in [2.45, 2.75) is 13.1 Å². The van der Waals surface area contributed by atoms with Gasteiger partial charge in [0.2, 0.25) is 0 Å². The molecule has 1 aliphatic heterocycles. The van der Waals surface area contributed by atoms with Gasteiger partial charge in [-0.2, -0.15) is 0 Å². The molecule has 0 fully saturated rings. The number of halogens is 1. The Bertz CT molecular complexity index is 630. The van der Waals surface area contributed by atoms with Crippen molar-refractivity contribution in [1.29, 1.82) is 0 Å². The Kier molecular flexibility index (Phi) is 4.32. The summed E-state index contributed by atoms with van der Waals surface area (Å²) >= 11 is 6.14. The highest BCUT2D eigenvalue weighted by Crippen LogP contribution is 2.28. The summed E-state index contributed by atoms with van der Waals surface area (Å²) in [6, 6.07) is 14.3. The summed E-state index contributed by atoms with van der Waals surface area (Å²) < 4.78 is 5.46. The summed E-state index contributed by atoms with van der Waals surface area (Å²) in [6.45, 7) is 3.64. The van der Waals surface area contributed by atoms with Crippen molar-refractivity contribution in [3.05, 3.63) is 58.6 Å². The Hall–Kier alpha value is -1.71. The minimum atomic E-state index is 0.743. The molecule has 21 heavy (non-hydrogen) atoms. The van der Waals surface area contributed by atoms with Crippen molar-refractivity contribution in [3.63, 3.8) is 0 Å². The third-order valence-corrected chi connectivity index (χ3v) is 4.05. The van der Waals surface area contributed by atoms with E-state index >= 15 is 0 Å². The zero-order valence-corrected chi connectivity index (χ0v) is 12.9. The molecule has 1 N–H and O–H groups in total. The fourth-order valence-corrected chi connectivity index (χ4v) is 2.96. The second-order valence-corrected chi connectivity index (χ2v) is 5.62. The molecule has 1 heterocycles. The van der Waals surface area contributed by atoms with Crippen molar-refractivity contribution in [2.24, 2.45) is 0 Å². The van der Waals surface area contributed by atoms with E-state index in [-0.39, 0.29) is 0 Å². The van der Waals surface area contributed by atoms with E-state index < -0.39 is 0 Å². The monoisotopic (exact) mass is 302 g/mol. The predicted molar refractivity (Wildman–Crippen MR) is 87.2 cm³/mol. The first-order chi connectivity index (χ1) is 10.3. The van der Waals surface area contributed by atoms with E-state index in [4.69, 9.17) is 16.3 Å². The molecule has 4 heteroatoms. The van der Waals surface area contributed by atoms with Gasteiger partial charge < -0.3 is 15.0 Å². The van der Waals surface area contributed by atoms with Gasteiger partial charge in [-0.3, -0.25) is 0 Å². The molecule has 0 saturated carbocycles. The maximum atomic E-state index is 6.14. The number of hydrogen-bond acceptors (Lipinski definition) is 3. The number of ether oxygens (including phenoxy) is 1. The molecular formula is C17H19ClN2O. The van der Waals surface area contributed by atoms with Crippen molar-refractivity contribution < 1.29 is 4.74 Å². The largest absolute Gasteiger partial charge is 0.496 e. The van der Waals surface area contributed by atoms with Crippen LogP contribution in [0.15, 0.2) is 42.5 Å². The summed E-state index contributed by atoms with van der Waals surface area (Å²) in [5.74, 6) is 0.883. The number of anilines is 1. The smallest absolute Gasteiger partial charge is 0.123 e. The van der Waals surface area contributed by atoms with Crippen LogP contribution >= 0.6 is 11.6 Å². The minimum absolute atomic E-state index is 0.743. The fraction of sp³-hybridized carbons (Fsp3) is 0.294. The topological polar surface area (TPSA) is 24.5 Å². The van der Waals surface area contributed by atoms with Crippen LogP contribution in [0.1, 0.15) is 11.1 Å². The maximum absolute atomic E-state index is 6.14. The number of hydrogen-bond donors (Lipinski definition) is 1. The number of benzene rings is 2. The van der Waals surface area contributed by atoms with Crippen molar-refractivity contribution in [1.82, 2.24) is 5.32 Å². The summed E-state index contributed by atoms with van der Waals surface area (Å²) in [7, 11) is 1.70. The molecule has 3 rings (SSSR count). The van der Waals surface area contributed by atoms with Gasteiger partial charge in [0.1, 0.15) is 5.75 Å². The van der Waals surface area contributed by atoms with Gasteiger partial charge in [-0.25, -0.2) is 0 Å².